The van der Waals surface area contributed by atoms with Crippen LogP contribution in [0.4, 0.5) is 10.5 Å². The second-order valence-corrected chi connectivity index (χ2v) is 6.89. The van der Waals surface area contributed by atoms with Crippen LogP contribution in [0.15, 0.2) is 52.5 Å². The van der Waals surface area contributed by atoms with Gasteiger partial charge in [0.05, 0.1) is 17.3 Å². The number of rotatable bonds is 4. The monoisotopic (exact) mass is 448 g/mol. The number of ether oxygens (including phenoxy) is 1. The summed E-state index contributed by atoms with van der Waals surface area (Å²) in [5, 5.41) is 2.39. The predicted molar refractivity (Wildman–Crippen MR) is 106 cm³/mol. The van der Waals surface area contributed by atoms with Crippen LogP contribution in [0, 0.1) is 0 Å². The number of amides is 4. The minimum absolute atomic E-state index is 0.185. The minimum Gasteiger partial charge on any atom is -0.494 e. The molecule has 4 amide bonds. The fourth-order valence-corrected chi connectivity index (χ4v) is 3.30. The van der Waals surface area contributed by atoms with Gasteiger partial charge in [0.15, 0.2) is 0 Å². The molecular weight excluding hydrogens is 436 g/mol. The number of carbonyl (C=O) groups excluding carboxylic acids is 3. The lowest BCUT2D eigenvalue weighted by atomic mass is 10.1. The van der Waals surface area contributed by atoms with Crippen LogP contribution in [-0.2, 0) is 9.59 Å². The lowest BCUT2D eigenvalue weighted by molar-refractivity contribution is -0.122. The van der Waals surface area contributed by atoms with Crippen molar-refractivity contribution in [3.63, 3.8) is 0 Å². The van der Waals surface area contributed by atoms with Gasteiger partial charge in [-0.25, -0.2) is 9.69 Å². The van der Waals surface area contributed by atoms with Crippen LogP contribution in [0.5, 0.6) is 5.75 Å². The molecule has 6 nitrogen and oxygen atoms in total. The van der Waals surface area contributed by atoms with Crippen molar-refractivity contribution in [2.75, 3.05) is 11.5 Å². The van der Waals surface area contributed by atoms with Gasteiger partial charge in [-0.1, -0.05) is 39.7 Å². The van der Waals surface area contributed by atoms with Gasteiger partial charge in [-0.3, -0.25) is 14.9 Å². The average Bonchev–Trinajstić information content (AvgIpc) is 2.60. The molecule has 8 heteroatoms. The van der Waals surface area contributed by atoms with E-state index in [2.05, 4.69) is 21.2 Å². The summed E-state index contributed by atoms with van der Waals surface area (Å²) >= 11 is 9.48. The molecule has 0 atom stereocenters. The van der Waals surface area contributed by atoms with Crippen LogP contribution in [0.3, 0.4) is 0 Å². The Morgan fingerprint density at radius 2 is 1.93 bits per heavy atom. The predicted octanol–water partition coefficient (Wildman–Crippen LogP) is 4.17. The number of nitrogens with one attached hydrogen (secondary N) is 1. The Balaban J connectivity index is 2.03. The molecule has 2 aromatic rings. The fraction of sp³-hybridized carbons (Fsp3) is 0.105. The molecule has 1 N–H and O–H groups in total. The number of urea groups is 1. The SMILES string of the molecule is CCOc1cc(Br)cc(/C=C2\C(=O)NC(=O)N(c3ccccc3Cl)C2=O)c1. The highest BCUT2D eigenvalue weighted by Crippen LogP contribution is 2.29. The van der Waals surface area contributed by atoms with Gasteiger partial charge in [-0.2, -0.15) is 0 Å². The second kappa shape index (κ2) is 7.94. The van der Waals surface area contributed by atoms with Crippen LogP contribution in [0.2, 0.25) is 5.02 Å². The normalized spacial score (nSPS) is 15.9. The maximum Gasteiger partial charge on any atom is 0.335 e. The first kappa shape index (κ1) is 19.1. The summed E-state index contributed by atoms with van der Waals surface area (Å²) in [5.74, 6) is -0.942. The molecule has 0 radical (unpaired) electrons. The van der Waals surface area contributed by atoms with E-state index in [0.29, 0.717) is 17.9 Å². The molecule has 1 aliphatic rings. The van der Waals surface area contributed by atoms with E-state index in [4.69, 9.17) is 16.3 Å². The molecular formula is C19H14BrClN2O4. The third kappa shape index (κ3) is 4.04. The molecule has 0 bridgehead atoms. The number of imide groups is 2. The molecule has 138 valence electrons. The number of para-hydroxylation sites is 1. The number of nitrogens with zero attached hydrogens (tertiary/aromatic N) is 1. The Morgan fingerprint density at radius 1 is 1.19 bits per heavy atom. The summed E-state index contributed by atoms with van der Waals surface area (Å²) in [5.41, 5.74) is 0.583. The van der Waals surface area contributed by atoms with Gasteiger partial charge >= 0.3 is 6.03 Å². The van der Waals surface area contributed by atoms with Gasteiger partial charge in [-0.05, 0) is 48.9 Å². The summed E-state index contributed by atoms with van der Waals surface area (Å²) in [4.78, 5) is 38.2. The van der Waals surface area contributed by atoms with Gasteiger partial charge in [0, 0.05) is 4.47 Å². The molecule has 0 aromatic heterocycles. The van der Waals surface area contributed by atoms with Crippen molar-refractivity contribution in [3.05, 3.63) is 63.1 Å². The highest BCUT2D eigenvalue weighted by molar-refractivity contribution is 9.10. The lowest BCUT2D eigenvalue weighted by Crippen LogP contribution is -2.54. The van der Waals surface area contributed by atoms with Gasteiger partial charge in [-0.15, -0.1) is 0 Å². The molecule has 1 aliphatic heterocycles. The smallest absolute Gasteiger partial charge is 0.335 e. The number of hydrogen-bond acceptors (Lipinski definition) is 4. The van der Waals surface area contributed by atoms with Crippen LogP contribution in [0.1, 0.15) is 12.5 Å². The first-order valence-electron chi connectivity index (χ1n) is 8.00. The Labute approximate surface area is 168 Å². The summed E-state index contributed by atoms with van der Waals surface area (Å²) in [6.45, 7) is 2.32. The van der Waals surface area contributed by atoms with Crippen LogP contribution in [-0.4, -0.2) is 24.5 Å². The van der Waals surface area contributed by atoms with Crippen molar-refractivity contribution in [1.29, 1.82) is 0 Å². The van der Waals surface area contributed by atoms with Crippen molar-refractivity contribution in [2.24, 2.45) is 0 Å². The zero-order valence-electron chi connectivity index (χ0n) is 14.2. The standard InChI is InChI=1S/C19H14BrClN2O4/c1-2-27-13-8-11(7-12(20)10-13)9-14-17(24)22-19(26)23(18(14)25)16-6-4-3-5-15(16)21/h3-10H,2H2,1H3,(H,22,24,26)/b14-9+. The number of anilines is 1. The lowest BCUT2D eigenvalue weighted by Gasteiger charge is -2.27. The Morgan fingerprint density at radius 3 is 2.63 bits per heavy atom. The zero-order valence-corrected chi connectivity index (χ0v) is 16.5. The van der Waals surface area contributed by atoms with Gasteiger partial charge in [0.1, 0.15) is 11.3 Å². The Kier molecular flexibility index (Phi) is 5.62. The van der Waals surface area contributed by atoms with Crippen LogP contribution in [0.25, 0.3) is 6.08 Å². The van der Waals surface area contributed by atoms with Crippen molar-refractivity contribution in [3.8, 4) is 5.75 Å². The molecule has 3 rings (SSSR count). The van der Waals surface area contributed by atoms with E-state index in [1.54, 1.807) is 36.4 Å². The largest absolute Gasteiger partial charge is 0.494 e. The van der Waals surface area contributed by atoms with Gasteiger partial charge in [0.25, 0.3) is 11.8 Å². The molecule has 2 aromatic carbocycles. The molecule has 0 aliphatic carbocycles. The van der Waals surface area contributed by atoms with Gasteiger partial charge < -0.3 is 4.74 Å². The molecule has 0 unspecified atom stereocenters. The van der Waals surface area contributed by atoms with E-state index in [-0.39, 0.29) is 16.3 Å². The van der Waals surface area contributed by atoms with Gasteiger partial charge in [0.2, 0.25) is 0 Å². The topological polar surface area (TPSA) is 75.7 Å². The van der Waals surface area contributed by atoms with E-state index < -0.39 is 17.8 Å². The van der Waals surface area contributed by atoms with Crippen LogP contribution < -0.4 is 15.0 Å². The van der Waals surface area contributed by atoms with E-state index >= 15 is 0 Å². The average molecular weight is 450 g/mol. The molecule has 1 saturated heterocycles. The Bertz CT molecular complexity index is 974. The number of hydrogen-bond donors (Lipinski definition) is 1. The van der Waals surface area contributed by atoms with E-state index in [9.17, 15) is 14.4 Å². The van der Waals surface area contributed by atoms with Crippen molar-refractivity contribution in [1.82, 2.24) is 5.32 Å². The fourth-order valence-electron chi connectivity index (χ4n) is 2.59. The third-order valence-electron chi connectivity index (χ3n) is 3.71. The maximum absolute atomic E-state index is 12.9. The van der Waals surface area contributed by atoms with E-state index in [1.165, 1.54) is 12.1 Å². The van der Waals surface area contributed by atoms with Crippen molar-refractivity contribution < 1.29 is 19.1 Å². The second-order valence-electron chi connectivity index (χ2n) is 5.56. The highest BCUT2D eigenvalue weighted by atomic mass is 79.9. The number of carbonyl (C=O) groups is 3. The summed E-state index contributed by atoms with van der Waals surface area (Å²) in [7, 11) is 0. The summed E-state index contributed by atoms with van der Waals surface area (Å²) < 4.78 is 6.19. The number of barbiturate groups is 1. The first-order chi connectivity index (χ1) is 12.9. The molecule has 1 fully saturated rings. The number of halogens is 2. The quantitative estimate of drug-likeness (QED) is 0.561. The number of benzene rings is 2. The minimum atomic E-state index is -0.848. The van der Waals surface area contributed by atoms with Crippen molar-refractivity contribution in [2.45, 2.75) is 6.92 Å². The van der Waals surface area contributed by atoms with E-state index in [0.717, 1.165) is 9.37 Å². The van der Waals surface area contributed by atoms with E-state index in [1.807, 2.05) is 6.92 Å². The zero-order chi connectivity index (χ0) is 19.6. The molecule has 27 heavy (non-hydrogen) atoms. The molecule has 0 saturated carbocycles. The first-order valence-corrected chi connectivity index (χ1v) is 9.17. The van der Waals surface area contributed by atoms with Crippen molar-refractivity contribution >= 4 is 57.1 Å². The highest BCUT2D eigenvalue weighted by Gasteiger charge is 2.37. The maximum atomic E-state index is 12.9. The Hall–Kier alpha value is -2.64. The summed E-state index contributed by atoms with van der Waals surface area (Å²) in [6.07, 6.45) is 1.40. The molecule has 1 heterocycles. The summed E-state index contributed by atoms with van der Waals surface area (Å²) in [6, 6.07) is 10.7. The molecule has 0 spiro atoms. The van der Waals surface area contributed by atoms with Crippen LogP contribution >= 0.6 is 27.5 Å². The third-order valence-corrected chi connectivity index (χ3v) is 4.49.